The van der Waals surface area contributed by atoms with Gasteiger partial charge in [-0.3, -0.25) is 5.10 Å². The first-order valence-corrected chi connectivity index (χ1v) is 9.04. The fourth-order valence-electron chi connectivity index (χ4n) is 3.02. The summed E-state index contributed by atoms with van der Waals surface area (Å²) in [4.78, 5) is 9.10. The van der Waals surface area contributed by atoms with Crippen molar-refractivity contribution in [3.63, 3.8) is 0 Å². The van der Waals surface area contributed by atoms with E-state index in [9.17, 15) is 5.11 Å². The highest BCUT2D eigenvalue weighted by Crippen LogP contribution is 2.37. The van der Waals surface area contributed by atoms with Crippen LogP contribution in [0.3, 0.4) is 0 Å². The normalized spacial score (nSPS) is 11.3. The minimum atomic E-state index is 0.221. The number of hydrogen-bond acceptors (Lipinski definition) is 7. The Labute approximate surface area is 157 Å². The molecule has 3 aromatic heterocycles. The lowest BCUT2D eigenvalue weighted by Crippen LogP contribution is -1.98. The Morgan fingerprint density at radius 1 is 1.07 bits per heavy atom. The molecule has 3 heterocycles. The quantitative estimate of drug-likeness (QED) is 0.375. The van der Waals surface area contributed by atoms with Gasteiger partial charge in [-0.25, -0.2) is 4.98 Å². The maximum atomic E-state index is 9.69. The summed E-state index contributed by atoms with van der Waals surface area (Å²) in [5.74, 6) is 1.11. The van der Waals surface area contributed by atoms with Crippen molar-refractivity contribution in [2.24, 2.45) is 0 Å². The molecule has 7 nitrogen and oxygen atoms in total. The minimum Gasteiger partial charge on any atom is -0.508 e. The first-order chi connectivity index (χ1) is 13.2. The second kappa shape index (κ2) is 5.96. The number of thiophene rings is 1. The van der Waals surface area contributed by atoms with E-state index >= 15 is 0 Å². The van der Waals surface area contributed by atoms with Gasteiger partial charge < -0.3 is 16.2 Å². The van der Waals surface area contributed by atoms with Crippen molar-refractivity contribution >= 4 is 49.8 Å². The Morgan fingerprint density at radius 3 is 2.89 bits per heavy atom. The van der Waals surface area contributed by atoms with Crippen LogP contribution >= 0.6 is 11.3 Å². The molecular formula is C19H14N6OS. The number of nitrogens with zero attached hydrogens (tertiary/aromatic N) is 3. The molecular weight excluding hydrogens is 360 g/mol. The van der Waals surface area contributed by atoms with Crippen LogP contribution in [0.5, 0.6) is 5.75 Å². The van der Waals surface area contributed by atoms with Crippen molar-refractivity contribution in [1.82, 2.24) is 20.2 Å². The molecule has 0 unspecified atom stereocenters. The van der Waals surface area contributed by atoms with Gasteiger partial charge in [-0.05, 0) is 53.9 Å². The van der Waals surface area contributed by atoms with Crippen LogP contribution in [-0.4, -0.2) is 25.3 Å². The van der Waals surface area contributed by atoms with Gasteiger partial charge in [0, 0.05) is 22.0 Å². The lowest BCUT2D eigenvalue weighted by molar-refractivity contribution is 0.476. The van der Waals surface area contributed by atoms with Crippen LogP contribution in [0.4, 0.5) is 17.5 Å². The van der Waals surface area contributed by atoms with Crippen LogP contribution in [0.15, 0.2) is 54.7 Å². The third kappa shape index (κ3) is 2.81. The molecule has 0 fully saturated rings. The smallest absolute Gasteiger partial charge is 0.221 e. The second-order valence-electron chi connectivity index (χ2n) is 6.09. The molecule has 27 heavy (non-hydrogen) atoms. The molecule has 0 atom stereocenters. The van der Waals surface area contributed by atoms with E-state index in [1.54, 1.807) is 35.7 Å². The van der Waals surface area contributed by atoms with Gasteiger partial charge in [0.25, 0.3) is 0 Å². The monoisotopic (exact) mass is 374 g/mol. The zero-order chi connectivity index (χ0) is 18.4. The van der Waals surface area contributed by atoms with Crippen molar-refractivity contribution in [2.45, 2.75) is 0 Å². The molecule has 0 saturated heterocycles. The Morgan fingerprint density at radius 2 is 2.00 bits per heavy atom. The molecule has 2 aromatic carbocycles. The van der Waals surface area contributed by atoms with E-state index in [2.05, 4.69) is 25.5 Å². The maximum Gasteiger partial charge on any atom is 0.221 e. The summed E-state index contributed by atoms with van der Waals surface area (Å²) < 4.78 is 1.10. The Hall–Kier alpha value is -3.65. The fourth-order valence-corrected chi connectivity index (χ4v) is 4.07. The number of benzene rings is 2. The summed E-state index contributed by atoms with van der Waals surface area (Å²) in [6.45, 7) is 0. The summed E-state index contributed by atoms with van der Waals surface area (Å²) in [7, 11) is 0. The van der Waals surface area contributed by atoms with Gasteiger partial charge in [0.1, 0.15) is 17.3 Å². The summed E-state index contributed by atoms with van der Waals surface area (Å²) in [5, 5.41) is 22.5. The maximum absolute atomic E-state index is 9.69. The Kier molecular flexibility index (Phi) is 3.44. The molecule has 0 bridgehead atoms. The molecule has 0 aliphatic rings. The molecule has 0 radical (unpaired) electrons. The van der Waals surface area contributed by atoms with Crippen LogP contribution in [0.2, 0.25) is 0 Å². The van der Waals surface area contributed by atoms with Crippen molar-refractivity contribution in [2.75, 3.05) is 11.1 Å². The van der Waals surface area contributed by atoms with E-state index in [1.807, 2.05) is 30.3 Å². The average molecular weight is 374 g/mol. The van der Waals surface area contributed by atoms with Crippen molar-refractivity contribution in [1.29, 1.82) is 0 Å². The van der Waals surface area contributed by atoms with Crippen molar-refractivity contribution in [3.8, 4) is 16.3 Å². The Balaban J connectivity index is 1.58. The van der Waals surface area contributed by atoms with E-state index in [0.29, 0.717) is 5.82 Å². The molecule has 132 valence electrons. The molecule has 0 aliphatic carbocycles. The number of rotatable bonds is 3. The number of aromatic amines is 1. The zero-order valence-electron chi connectivity index (χ0n) is 14.0. The standard InChI is InChI=1S/C19H14N6OS/c20-19-21-6-5-17(23-19)22-11-1-3-14-13(9-11)18(25-24-14)16-8-10-7-12(26)2-4-15(10)27-16/h1-9,26H,(H,24,25)(H3,20,21,22,23). The lowest BCUT2D eigenvalue weighted by Gasteiger charge is -2.06. The number of phenolic OH excluding ortho intramolecular Hbond substituents is 1. The number of aromatic nitrogens is 4. The highest BCUT2D eigenvalue weighted by molar-refractivity contribution is 7.22. The predicted molar refractivity (Wildman–Crippen MR) is 108 cm³/mol. The molecule has 5 aromatic rings. The molecule has 8 heteroatoms. The van der Waals surface area contributed by atoms with E-state index in [-0.39, 0.29) is 11.7 Å². The van der Waals surface area contributed by atoms with Crippen LogP contribution < -0.4 is 11.1 Å². The van der Waals surface area contributed by atoms with Gasteiger partial charge in [-0.15, -0.1) is 11.3 Å². The number of aromatic hydroxyl groups is 1. The van der Waals surface area contributed by atoms with Crippen LogP contribution in [-0.2, 0) is 0 Å². The van der Waals surface area contributed by atoms with E-state index in [4.69, 9.17) is 5.73 Å². The largest absolute Gasteiger partial charge is 0.508 e. The number of nitrogen functional groups attached to an aromatic ring is 1. The molecule has 0 amide bonds. The van der Waals surface area contributed by atoms with E-state index in [1.165, 1.54) is 0 Å². The highest BCUT2D eigenvalue weighted by atomic mass is 32.1. The molecule has 0 aliphatic heterocycles. The summed E-state index contributed by atoms with van der Waals surface area (Å²) in [6.07, 6.45) is 1.61. The van der Waals surface area contributed by atoms with Gasteiger partial charge in [0.2, 0.25) is 5.95 Å². The SMILES string of the molecule is Nc1nccc(Nc2ccc3[nH]nc(-c4cc5cc(O)ccc5s4)c3c2)n1. The number of phenols is 1. The number of fused-ring (bicyclic) bond motifs is 2. The predicted octanol–water partition coefficient (Wildman–Crippen LogP) is 4.27. The van der Waals surface area contributed by atoms with Crippen LogP contribution in [0.25, 0.3) is 31.6 Å². The molecule has 5 rings (SSSR count). The summed E-state index contributed by atoms with van der Waals surface area (Å²) >= 11 is 1.64. The van der Waals surface area contributed by atoms with Gasteiger partial charge >= 0.3 is 0 Å². The van der Waals surface area contributed by atoms with E-state index < -0.39 is 0 Å². The first kappa shape index (κ1) is 15.6. The molecule has 0 spiro atoms. The van der Waals surface area contributed by atoms with Crippen LogP contribution in [0, 0.1) is 0 Å². The van der Waals surface area contributed by atoms with E-state index in [0.717, 1.165) is 37.2 Å². The molecule has 5 N–H and O–H groups in total. The summed E-state index contributed by atoms with van der Waals surface area (Å²) in [6, 6.07) is 15.1. The topological polar surface area (TPSA) is 113 Å². The highest BCUT2D eigenvalue weighted by Gasteiger charge is 2.13. The van der Waals surface area contributed by atoms with Gasteiger partial charge in [-0.2, -0.15) is 10.1 Å². The number of nitrogens with two attached hydrogens (primary N) is 1. The first-order valence-electron chi connectivity index (χ1n) is 8.22. The third-order valence-electron chi connectivity index (χ3n) is 4.24. The summed E-state index contributed by atoms with van der Waals surface area (Å²) in [5.41, 5.74) is 8.33. The van der Waals surface area contributed by atoms with Gasteiger partial charge in [0.05, 0.1) is 10.4 Å². The van der Waals surface area contributed by atoms with Gasteiger partial charge in [0.15, 0.2) is 0 Å². The van der Waals surface area contributed by atoms with Gasteiger partial charge in [-0.1, -0.05) is 0 Å². The zero-order valence-corrected chi connectivity index (χ0v) is 14.8. The van der Waals surface area contributed by atoms with Crippen molar-refractivity contribution < 1.29 is 5.11 Å². The number of H-pyrrole nitrogens is 1. The van der Waals surface area contributed by atoms with Crippen LogP contribution in [0.1, 0.15) is 0 Å². The average Bonchev–Trinajstić information content (AvgIpc) is 3.24. The molecule has 0 saturated carbocycles. The van der Waals surface area contributed by atoms with Crippen molar-refractivity contribution in [3.05, 3.63) is 54.7 Å². The number of hydrogen-bond donors (Lipinski definition) is 4. The minimum absolute atomic E-state index is 0.221. The lowest BCUT2D eigenvalue weighted by atomic mass is 10.1. The fraction of sp³-hybridized carbons (Fsp3) is 0. The number of anilines is 3. The Bertz CT molecular complexity index is 1290. The third-order valence-corrected chi connectivity index (χ3v) is 5.37. The second-order valence-corrected chi connectivity index (χ2v) is 7.17. The number of nitrogens with one attached hydrogen (secondary N) is 2.